The molecular formula is C13H18O2S. The standard InChI is InChI=1S/C13H18O2S/c1-2-15-13(14)11-16-10-6-9-12-7-4-3-5-8-12/h3-5,7-8H,2,6,9-11H2,1H3. The molecule has 16 heavy (non-hydrogen) atoms. The molecule has 0 radical (unpaired) electrons. The number of carbonyl (C=O) groups excluding carboxylic acids is 1. The number of thioether (sulfide) groups is 1. The third-order valence-electron chi connectivity index (χ3n) is 2.12. The summed E-state index contributed by atoms with van der Waals surface area (Å²) in [4.78, 5) is 11.0. The fraction of sp³-hybridized carbons (Fsp3) is 0.462. The van der Waals surface area contributed by atoms with Gasteiger partial charge >= 0.3 is 5.97 Å². The molecule has 0 atom stereocenters. The van der Waals surface area contributed by atoms with Gasteiger partial charge in [0.2, 0.25) is 0 Å². The van der Waals surface area contributed by atoms with Crippen LogP contribution in [0.2, 0.25) is 0 Å². The molecular weight excluding hydrogens is 220 g/mol. The number of benzene rings is 1. The van der Waals surface area contributed by atoms with E-state index in [0.717, 1.165) is 18.6 Å². The molecule has 0 spiro atoms. The van der Waals surface area contributed by atoms with E-state index in [2.05, 4.69) is 24.3 Å². The van der Waals surface area contributed by atoms with Gasteiger partial charge in [-0.3, -0.25) is 4.79 Å². The van der Waals surface area contributed by atoms with Crippen LogP contribution in [0.1, 0.15) is 18.9 Å². The van der Waals surface area contributed by atoms with Crippen LogP contribution in [0.3, 0.4) is 0 Å². The third-order valence-corrected chi connectivity index (χ3v) is 3.14. The molecule has 0 unspecified atom stereocenters. The SMILES string of the molecule is CCOC(=O)CSCCCc1ccccc1. The van der Waals surface area contributed by atoms with Crippen molar-refractivity contribution >= 4 is 17.7 Å². The summed E-state index contributed by atoms with van der Waals surface area (Å²) in [5, 5.41) is 0. The normalized spacial score (nSPS) is 10.1. The molecule has 0 aliphatic carbocycles. The Morgan fingerprint density at radius 1 is 1.31 bits per heavy atom. The highest BCUT2D eigenvalue weighted by Crippen LogP contribution is 2.08. The van der Waals surface area contributed by atoms with Crippen molar-refractivity contribution < 1.29 is 9.53 Å². The van der Waals surface area contributed by atoms with Gasteiger partial charge in [0.05, 0.1) is 12.4 Å². The van der Waals surface area contributed by atoms with Crippen LogP contribution in [0.4, 0.5) is 0 Å². The van der Waals surface area contributed by atoms with Crippen molar-refractivity contribution in [1.29, 1.82) is 0 Å². The zero-order valence-corrected chi connectivity index (χ0v) is 10.5. The molecule has 0 aromatic heterocycles. The lowest BCUT2D eigenvalue weighted by atomic mass is 10.1. The zero-order valence-electron chi connectivity index (χ0n) is 9.65. The summed E-state index contributed by atoms with van der Waals surface area (Å²) >= 11 is 1.65. The maximum absolute atomic E-state index is 11.0. The molecule has 0 fully saturated rings. The Morgan fingerprint density at radius 3 is 2.75 bits per heavy atom. The Labute approximate surface area is 101 Å². The molecule has 0 aliphatic rings. The maximum atomic E-state index is 11.0. The van der Waals surface area contributed by atoms with Crippen LogP contribution in [-0.2, 0) is 16.0 Å². The summed E-state index contributed by atoms with van der Waals surface area (Å²) in [5.41, 5.74) is 1.36. The molecule has 1 rings (SSSR count). The molecule has 2 nitrogen and oxygen atoms in total. The van der Waals surface area contributed by atoms with Gasteiger partial charge in [0.15, 0.2) is 0 Å². The molecule has 0 heterocycles. The minimum atomic E-state index is -0.104. The summed E-state index contributed by atoms with van der Waals surface area (Å²) in [5.74, 6) is 1.38. The molecule has 0 aliphatic heterocycles. The smallest absolute Gasteiger partial charge is 0.315 e. The van der Waals surface area contributed by atoms with E-state index in [-0.39, 0.29) is 5.97 Å². The Morgan fingerprint density at radius 2 is 2.06 bits per heavy atom. The molecule has 0 N–H and O–H groups in total. The van der Waals surface area contributed by atoms with Crippen LogP contribution in [0.5, 0.6) is 0 Å². The van der Waals surface area contributed by atoms with E-state index in [1.807, 2.05) is 13.0 Å². The van der Waals surface area contributed by atoms with E-state index in [9.17, 15) is 4.79 Å². The first-order chi connectivity index (χ1) is 7.83. The van der Waals surface area contributed by atoms with E-state index in [4.69, 9.17) is 4.74 Å². The molecule has 1 aromatic carbocycles. The van der Waals surface area contributed by atoms with Gasteiger partial charge in [0, 0.05) is 0 Å². The first-order valence-corrected chi connectivity index (χ1v) is 6.75. The Balaban J connectivity index is 2.02. The summed E-state index contributed by atoms with van der Waals surface area (Å²) in [6, 6.07) is 10.4. The number of esters is 1. The van der Waals surface area contributed by atoms with Gasteiger partial charge in [-0.05, 0) is 31.1 Å². The number of rotatable bonds is 7. The van der Waals surface area contributed by atoms with E-state index in [0.29, 0.717) is 12.4 Å². The Kier molecular flexibility index (Phi) is 6.74. The van der Waals surface area contributed by atoms with Crippen LogP contribution in [0, 0.1) is 0 Å². The average Bonchev–Trinajstić information content (AvgIpc) is 2.30. The number of carbonyl (C=O) groups is 1. The molecule has 0 saturated heterocycles. The predicted octanol–water partition coefficient (Wildman–Crippen LogP) is 2.92. The number of hydrogen-bond acceptors (Lipinski definition) is 3. The summed E-state index contributed by atoms with van der Waals surface area (Å²) in [6.45, 7) is 2.31. The monoisotopic (exact) mass is 238 g/mol. The zero-order chi connectivity index (χ0) is 11.6. The molecule has 3 heteroatoms. The fourth-order valence-corrected chi connectivity index (χ4v) is 2.12. The number of aryl methyl sites for hydroxylation is 1. The van der Waals surface area contributed by atoms with Gasteiger partial charge < -0.3 is 4.74 Å². The lowest BCUT2D eigenvalue weighted by Gasteiger charge is -2.02. The van der Waals surface area contributed by atoms with Gasteiger partial charge in [-0.2, -0.15) is 11.8 Å². The van der Waals surface area contributed by atoms with Crippen LogP contribution in [0.15, 0.2) is 30.3 Å². The first kappa shape index (κ1) is 13.1. The van der Waals surface area contributed by atoms with Crippen molar-refractivity contribution in [2.24, 2.45) is 0 Å². The van der Waals surface area contributed by atoms with Crippen molar-refractivity contribution in [2.75, 3.05) is 18.1 Å². The molecule has 88 valence electrons. The minimum absolute atomic E-state index is 0.104. The fourth-order valence-electron chi connectivity index (χ4n) is 1.38. The second kappa shape index (κ2) is 8.22. The van der Waals surface area contributed by atoms with Gasteiger partial charge in [-0.15, -0.1) is 0 Å². The quantitative estimate of drug-likeness (QED) is 0.539. The molecule has 0 bridgehead atoms. The summed E-state index contributed by atoms with van der Waals surface area (Å²) in [7, 11) is 0. The number of hydrogen-bond donors (Lipinski definition) is 0. The first-order valence-electron chi connectivity index (χ1n) is 5.60. The van der Waals surface area contributed by atoms with Gasteiger partial charge in [0.25, 0.3) is 0 Å². The average molecular weight is 238 g/mol. The Hall–Kier alpha value is -0.960. The lowest BCUT2D eigenvalue weighted by molar-refractivity contribution is -0.139. The van der Waals surface area contributed by atoms with E-state index in [1.54, 1.807) is 11.8 Å². The minimum Gasteiger partial charge on any atom is -0.465 e. The number of ether oxygens (including phenoxy) is 1. The lowest BCUT2D eigenvalue weighted by Crippen LogP contribution is -2.07. The van der Waals surface area contributed by atoms with Gasteiger partial charge in [0.1, 0.15) is 0 Å². The predicted molar refractivity (Wildman–Crippen MR) is 68.7 cm³/mol. The maximum Gasteiger partial charge on any atom is 0.315 e. The highest BCUT2D eigenvalue weighted by atomic mass is 32.2. The van der Waals surface area contributed by atoms with Gasteiger partial charge in [-0.25, -0.2) is 0 Å². The van der Waals surface area contributed by atoms with E-state index < -0.39 is 0 Å². The van der Waals surface area contributed by atoms with Crippen molar-refractivity contribution in [1.82, 2.24) is 0 Å². The second-order valence-corrected chi connectivity index (χ2v) is 4.55. The molecule has 1 aromatic rings. The molecule has 0 saturated carbocycles. The summed E-state index contributed by atoms with van der Waals surface area (Å²) < 4.78 is 4.85. The van der Waals surface area contributed by atoms with E-state index in [1.165, 1.54) is 5.56 Å². The summed E-state index contributed by atoms with van der Waals surface area (Å²) in [6.07, 6.45) is 2.19. The van der Waals surface area contributed by atoms with Crippen LogP contribution >= 0.6 is 11.8 Å². The topological polar surface area (TPSA) is 26.3 Å². The highest BCUT2D eigenvalue weighted by Gasteiger charge is 2.00. The van der Waals surface area contributed by atoms with Crippen molar-refractivity contribution in [3.8, 4) is 0 Å². The Bertz CT molecular complexity index is 298. The molecule has 0 amide bonds. The largest absolute Gasteiger partial charge is 0.465 e. The van der Waals surface area contributed by atoms with Gasteiger partial charge in [-0.1, -0.05) is 30.3 Å². The van der Waals surface area contributed by atoms with Crippen LogP contribution in [0.25, 0.3) is 0 Å². The highest BCUT2D eigenvalue weighted by molar-refractivity contribution is 7.99. The van der Waals surface area contributed by atoms with Crippen molar-refractivity contribution in [2.45, 2.75) is 19.8 Å². The van der Waals surface area contributed by atoms with E-state index >= 15 is 0 Å². The third kappa shape index (κ3) is 5.81. The van der Waals surface area contributed by atoms with Crippen LogP contribution < -0.4 is 0 Å². The van der Waals surface area contributed by atoms with Crippen molar-refractivity contribution in [3.63, 3.8) is 0 Å². The second-order valence-electron chi connectivity index (χ2n) is 3.45. The van der Waals surface area contributed by atoms with Crippen molar-refractivity contribution in [3.05, 3.63) is 35.9 Å². The van der Waals surface area contributed by atoms with Crippen LogP contribution in [-0.4, -0.2) is 24.1 Å².